The van der Waals surface area contributed by atoms with Crippen LogP contribution in [0.1, 0.15) is 43.2 Å². The van der Waals surface area contributed by atoms with Crippen LogP contribution in [0.2, 0.25) is 5.02 Å². The summed E-state index contributed by atoms with van der Waals surface area (Å²) in [5.41, 5.74) is 9.30. The van der Waals surface area contributed by atoms with Crippen molar-refractivity contribution in [3.8, 4) is 0 Å². The second-order valence-electron chi connectivity index (χ2n) is 5.60. The van der Waals surface area contributed by atoms with Gasteiger partial charge in [-0.25, -0.2) is 0 Å². The number of benzene rings is 1. The topological polar surface area (TPSA) is 26.0 Å². The number of nitrogens with two attached hydrogens (primary N) is 1. The van der Waals surface area contributed by atoms with Crippen molar-refractivity contribution in [2.75, 3.05) is 6.54 Å². The molecular formula is C15H20ClN. The Balaban J connectivity index is 2.14. The molecule has 1 nitrogen and oxygen atoms in total. The second kappa shape index (κ2) is 4.29. The maximum Gasteiger partial charge on any atom is 0.0440 e. The average Bonchev–Trinajstić information content (AvgIpc) is 2.81. The molecule has 1 unspecified atom stereocenters. The van der Waals surface area contributed by atoms with Gasteiger partial charge >= 0.3 is 0 Å². The Bertz CT molecular complexity index is 421. The van der Waals surface area contributed by atoms with E-state index in [-0.39, 0.29) is 0 Å². The van der Waals surface area contributed by atoms with E-state index >= 15 is 0 Å². The Morgan fingerprint density at radius 1 is 1.29 bits per heavy atom. The molecule has 1 spiro atoms. The number of fused-ring (bicyclic) bond motifs is 2. The summed E-state index contributed by atoms with van der Waals surface area (Å²) in [5.74, 6) is 0.663. The lowest BCUT2D eigenvalue weighted by Crippen LogP contribution is -2.41. The SMILES string of the molecule is NCC1CCc2c(Cl)cccc2C12CCCC2. The maximum atomic E-state index is 6.36. The van der Waals surface area contributed by atoms with Gasteiger partial charge < -0.3 is 5.73 Å². The molecule has 17 heavy (non-hydrogen) atoms. The fourth-order valence-corrected chi connectivity index (χ4v) is 4.39. The Labute approximate surface area is 108 Å². The summed E-state index contributed by atoms with van der Waals surface area (Å²) < 4.78 is 0. The van der Waals surface area contributed by atoms with Crippen LogP contribution in [0.5, 0.6) is 0 Å². The number of hydrogen-bond acceptors (Lipinski definition) is 1. The van der Waals surface area contributed by atoms with Gasteiger partial charge in [0.05, 0.1) is 0 Å². The largest absolute Gasteiger partial charge is 0.330 e. The van der Waals surface area contributed by atoms with Gasteiger partial charge in [0, 0.05) is 5.02 Å². The highest BCUT2D eigenvalue weighted by molar-refractivity contribution is 6.31. The Morgan fingerprint density at radius 2 is 2.06 bits per heavy atom. The zero-order valence-electron chi connectivity index (χ0n) is 10.2. The van der Waals surface area contributed by atoms with Crippen LogP contribution in [-0.4, -0.2) is 6.54 Å². The minimum absolute atomic E-state index is 0.354. The van der Waals surface area contributed by atoms with Gasteiger partial charge in [0.25, 0.3) is 0 Å². The first-order valence-electron chi connectivity index (χ1n) is 6.76. The van der Waals surface area contributed by atoms with Crippen LogP contribution >= 0.6 is 11.6 Å². The van der Waals surface area contributed by atoms with Crippen molar-refractivity contribution in [2.24, 2.45) is 11.7 Å². The minimum atomic E-state index is 0.354. The predicted octanol–water partition coefficient (Wildman–Crippen LogP) is 3.67. The standard InChI is InChI=1S/C15H20ClN/c16-14-5-3-4-13-12(14)7-6-11(10-17)15(13)8-1-2-9-15/h3-5,11H,1-2,6-10,17H2. The Hall–Kier alpha value is -0.530. The third-order valence-electron chi connectivity index (χ3n) is 4.96. The van der Waals surface area contributed by atoms with Crippen molar-refractivity contribution in [1.29, 1.82) is 0 Å². The Kier molecular flexibility index (Phi) is 2.92. The molecule has 92 valence electrons. The van der Waals surface area contributed by atoms with E-state index in [2.05, 4.69) is 12.1 Å². The van der Waals surface area contributed by atoms with E-state index in [1.165, 1.54) is 43.2 Å². The van der Waals surface area contributed by atoms with Crippen LogP contribution in [0, 0.1) is 5.92 Å². The molecule has 2 aliphatic rings. The van der Waals surface area contributed by atoms with Crippen LogP contribution in [0.25, 0.3) is 0 Å². The first-order valence-corrected chi connectivity index (χ1v) is 7.14. The molecule has 1 aromatic rings. The molecule has 0 saturated heterocycles. The van der Waals surface area contributed by atoms with Crippen molar-refractivity contribution < 1.29 is 0 Å². The van der Waals surface area contributed by atoms with Gasteiger partial charge in [-0.15, -0.1) is 0 Å². The zero-order chi connectivity index (χ0) is 11.9. The minimum Gasteiger partial charge on any atom is -0.330 e. The van der Waals surface area contributed by atoms with E-state index in [1.807, 2.05) is 6.07 Å². The lowest BCUT2D eigenvalue weighted by molar-refractivity contribution is 0.244. The highest BCUT2D eigenvalue weighted by atomic mass is 35.5. The van der Waals surface area contributed by atoms with Crippen LogP contribution in [-0.2, 0) is 11.8 Å². The van der Waals surface area contributed by atoms with E-state index in [9.17, 15) is 0 Å². The smallest absolute Gasteiger partial charge is 0.0440 e. The number of hydrogen-bond donors (Lipinski definition) is 1. The molecule has 0 amide bonds. The lowest BCUT2D eigenvalue weighted by atomic mass is 9.62. The number of rotatable bonds is 1. The molecule has 2 heteroatoms. The van der Waals surface area contributed by atoms with Gasteiger partial charge in [-0.2, -0.15) is 0 Å². The van der Waals surface area contributed by atoms with Gasteiger partial charge in [-0.3, -0.25) is 0 Å². The molecule has 0 radical (unpaired) electrons. The molecule has 1 aromatic carbocycles. The highest BCUT2D eigenvalue weighted by Gasteiger charge is 2.45. The molecule has 1 fully saturated rings. The van der Waals surface area contributed by atoms with Gasteiger partial charge in [0.1, 0.15) is 0 Å². The molecule has 1 atom stereocenters. The first-order chi connectivity index (χ1) is 8.28. The molecule has 0 aromatic heterocycles. The molecule has 1 saturated carbocycles. The summed E-state index contributed by atoms with van der Waals surface area (Å²) >= 11 is 6.36. The van der Waals surface area contributed by atoms with Crippen LogP contribution in [0.3, 0.4) is 0 Å². The summed E-state index contributed by atoms with van der Waals surface area (Å²) in [6.07, 6.45) is 7.64. The summed E-state index contributed by atoms with van der Waals surface area (Å²) in [5, 5.41) is 0.962. The predicted molar refractivity (Wildman–Crippen MR) is 72.5 cm³/mol. The van der Waals surface area contributed by atoms with Gasteiger partial charge in [-0.1, -0.05) is 36.6 Å². The molecular weight excluding hydrogens is 230 g/mol. The van der Waals surface area contributed by atoms with Crippen molar-refractivity contribution in [3.63, 3.8) is 0 Å². The van der Waals surface area contributed by atoms with Gasteiger partial charge in [-0.05, 0) is 60.8 Å². The number of halogens is 1. The molecule has 0 heterocycles. The maximum absolute atomic E-state index is 6.36. The normalized spacial score (nSPS) is 26.1. The van der Waals surface area contributed by atoms with Crippen molar-refractivity contribution in [2.45, 2.75) is 43.9 Å². The van der Waals surface area contributed by atoms with E-state index in [4.69, 9.17) is 17.3 Å². The van der Waals surface area contributed by atoms with Crippen LogP contribution < -0.4 is 5.73 Å². The highest BCUT2D eigenvalue weighted by Crippen LogP contribution is 2.52. The molecule has 0 aliphatic heterocycles. The molecule has 2 aliphatic carbocycles. The van der Waals surface area contributed by atoms with Gasteiger partial charge in [0.2, 0.25) is 0 Å². The third-order valence-corrected chi connectivity index (χ3v) is 5.31. The summed E-state index contributed by atoms with van der Waals surface area (Å²) in [6.45, 7) is 0.825. The van der Waals surface area contributed by atoms with Crippen LogP contribution in [0.15, 0.2) is 18.2 Å². The first kappa shape index (κ1) is 11.6. The third kappa shape index (κ3) is 1.63. The quantitative estimate of drug-likeness (QED) is 0.808. The zero-order valence-corrected chi connectivity index (χ0v) is 11.0. The van der Waals surface area contributed by atoms with E-state index in [0.717, 1.165) is 18.0 Å². The second-order valence-corrected chi connectivity index (χ2v) is 6.01. The monoisotopic (exact) mass is 249 g/mol. The fourth-order valence-electron chi connectivity index (χ4n) is 4.12. The molecule has 0 bridgehead atoms. The van der Waals surface area contributed by atoms with E-state index < -0.39 is 0 Å². The summed E-state index contributed by atoms with van der Waals surface area (Å²) in [6, 6.07) is 6.44. The van der Waals surface area contributed by atoms with Crippen molar-refractivity contribution in [3.05, 3.63) is 34.3 Å². The molecule has 3 rings (SSSR count). The van der Waals surface area contributed by atoms with Crippen molar-refractivity contribution >= 4 is 11.6 Å². The fraction of sp³-hybridized carbons (Fsp3) is 0.600. The van der Waals surface area contributed by atoms with Crippen molar-refractivity contribution in [1.82, 2.24) is 0 Å². The van der Waals surface area contributed by atoms with Crippen LogP contribution in [0.4, 0.5) is 0 Å². The summed E-state index contributed by atoms with van der Waals surface area (Å²) in [7, 11) is 0. The summed E-state index contributed by atoms with van der Waals surface area (Å²) in [4.78, 5) is 0. The van der Waals surface area contributed by atoms with Gasteiger partial charge in [0.15, 0.2) is 0 Å². The van der Waals surface area contributed by atoms with E-state index in [0.29, 0.717) is 11.3 Å². The average molecular weight is 250 g/mol. The Morgan fingerprint density at radius 3 is 2.76 bits per heavy atom. The molecule has 2 N–H and O–H groups in total. The van der Waals surface area contributed by atoms with E-state index in [1.54, 1.807) is 0 Å². The lowest BCUT2D eigenvalue weighted by Gasteiger charge is -2.43.